The summed E-state index contributed by atoms with van der Waals surface area (Å²) >= 11 is 0. The average Bonchev–Trinajstić information content (AvgIpc) is 2.62. The van der Waals surface area contributed by atoms with Crippen molar-refractivity contribution < 1.29 is 19.1 Å². The van der Waals surface area contributed by atoms with Crippen LogP contribution in [0.4, 0.5) is 0 Å². The van der Waals surface area contributed by atoms with Crippen LogP contribution in [0.3, 0.4) is 0 Å². The Morgan fingerprint density at radius 1 is 1.00 bits per heavy atom. The number of H-pyrrole nitrogens is 1. The van der Waals surface area contributed by atoms with Crippen molar-refractivity contribution in [2.75, 3.05) is 13.2 Å². The van der Waals surface area contributed by atoms with Crippen molar-refractivity contribution in [2.24, 2.45) is 0 Å². The van der Waals surface area contributed by atoms with Crippen molar-refractivity contribution in [2.45, 2.75) is 13.8 Å². The number of hydrogen-bond donors (Lipinski definition) is 1. The lowest BCUT2D eigenvalue weighted by Crippen LogP contribution is -2.30. The zero-order chi connectivity index (χ0) is 18.8. The first-order valence-electron chi connectivity index (χ1n) is 8.04. The Morgan fingerprint density at radius 2 is 1.62 bits per heavy atom. The van der Waals surface area contributed by atoms with Crippen molar-refractivity contribution >= 4 is 28.5 Å². The standard InChI is InChI=1S/C18H16N2O6/c1-3-25-17(23)10-9-11(18(24)26-4-2)16(22)20-13-8-6-5-7-12(13)19-15(21)14(10)20/h5-9H,3-4H2,1-2H3,(H,19,21). The molecule has 0 aliphatic carbocycles. The minimum atomic E-state index is -0.873. The van der Waals surface area contributed by atoms with Crippen LogP contribution >= 0.6 is 0 Å². The Hall–Kier alpha value is -3.42. The second-order valence-electron chi connectivity index (χ2n) is 5.37. The van der Waals surface area contributed by atoms with Gasteiger partial charge >= 0.3 is 11.9 Å². The number of aromatic amines is 1. The van der Waals surface area contributed by atoms with E-state index in [9.17, 15) is 19.2 Å². The fraction of sp³-hybridized carbons (Fsp3) is 0.222. The Balaban J connectivity index is 2.53. The molecule has 0 amide bonds. The number of benzene rings is 1. The second kappa shape index (κ2) is 6.83. The van der Waals surface area contributed by atoms with Crippen molar-refractivity contribution in [3.8, 4) is 0 Å². The van der Waals surface area contributed by atoms with Gasteiger partial charge in [0.25, 0.3) is 11.1 Å². The van der Waals surface area contributed by atoms with Gasteiger partial charge in [-0.05, 0) is 32.0 Å². The summed E-state index contributed by atoms with van der Waals surface area (Å²) in [6.45, 7) is 3.35. The summed E-state index contributed by atoms with van der Waals surface area (Å²) in [5.41, 5.74) is -1.34. The minimum absolute atomic E-state index is 0.0613. The molecule has 3 aromatic rings. The van der Waals surface area contributed by atoms with Crippen LogP contribution in [-0.2, 0) is 9.47 Å². The third-order valence-corrected chi connectivity index (χ3v) is 3.80. The van der Waals surface area contributed by atoms with Crippen LogP contribution in [0.2, 0.25) is 0 Å². The molecule has 0 saturated heterocycles. The zero-order valence-corrected chi connectivity index (χ0v) is 14.2. The number of carbonyl (C=O) groups is 2. The van der Waals surface area contributed by atoms with Crippen molar-refractivity contribution in [3.05, 3.63) is 62.2 Å². The maximum absolute atomic E-state index is 12.9. The van der Waals surface area contributed by atoms with Gasteiger partial charge in [0.2, 0.25) is 0 Å². The molecule has 1 N–H and O–H groups in total. The molecule has 2 aromatic heterocycles. The van der Waals surface area contributed by atoms with Gasteiger partial charge in [0, 0.05) is 0 Å². The molecule has 1 aromatic carbocycles. The highest BCUT2D eigenvalue weighted by molar-refractivity contribution is 6.01. The van der Waals surface area contributed by atoms with Crippen LogP contribution in [0, 0.1) is 0 Å². The monoisotopic (exact) mass is 356 g/mol. The second-order valence-corrected chi connectivity index (χ2v) is 5.37. The van der Waals surface area contributed by atoms with E-state index in [2.05, 4.69) is 4.98 Å². The van der Waals surface area contributed by atoms with E-state index in [0.29, 0.717) is 11.0 Å². The van der Waals surface area contributed by atoms with E-state index in [1.54, 1.807) is 38.1 Å². The number of hydrogen-bond acceptors (Lipinski definition) is 6. The van der Waals surface area contributed by atoms with Crippen molar-refractivity contribution in [1.29, 1.82) is 0 Å². The number of para-hydroxylation sites is 2. The van der Waals surface area contributed by atoms with Crippen LogP contribution in [0.15, 0.2) is 39.9 Å². The van der Waals surface area contributed by atoms with Crippen LogP contribution in [0.5, 0.6) is 0 Å². The fourth-order valence-corrected chi connectivity index (χ4v) is 2.75. The summed E-state index contributed by atoms with van der Waals surface area (Å²) in [5, 5.41) is 0. The Morgan fingerprint density at radius 3 is 2.27 bits per heavy atom. The number of aromatic nitrogens is 2. The van der Waals surface area contributed by atoms with Crippen LogP contribution < -0.4 is 11.1 Å². The smallest absolute Gasteiger partial charge is 0.343 e. The van der Waals surface area contributed by atoms with Crippen molar-refractivity contribution in [1.82, 2.24) is 9.38 Å². The molecule has 0 unspecified atom stereocenters. The van der Waals surface area contributed by atoms with E-state index < -0.39 is 23.1 Å². The van der Waals surface area contributed by atoms with Gasteiger partial charge in [-0.2, -0.15) is 0 Å². The highest BCUT2D eigenvalue weighted by atomic mass is 16.5. The molecule has 134 valence electrons. The number of fused-ring (bicyclic) bond motifs is 3. The SMILES string of the molecule is CCOC(=O)c1cc(C(=O)OCC)c2c(=O)[nH]c3ccccc3n2c1=O. The van der Waals surface area contributed by atoms with Gasteiger partial charge in [0.05, 0.1) is 29.8 Å². The van der Waals surface area contributed by atoms with Gasteiger partial charge in [-0.25, -0.2) is 9.59 Å². The lowest BCUT2D eigenvalue weighted by molar-refractivity contribution is 0.0523. The molecular formula is C18H16N2O6. The highest BCUT2D eigenvalue weighted by Gasteiger charge is 2.24. The summed E-state index contributed by atoms with van der Waals surface area (Å²) in [6.07, 6.45) is 0. The third-order valence-electron chi connectivity index (χ3n) is 3.80. The number of nitrogens with zero attached hydrogens (tertiary/aromatic N) is 1. The number of nitrogens with one attached hydrogen (secondary N) is 1. The normalized spacial score (nSPS) is 10.8. The van der Waals surface area contributed by atoms with Gasteiger partial charge < -0.3 is 14.5 Å². The van der Waals surface area contributed by atoms with E-state index in [4.69, 9.17) is 9.47 Å². The number of esters is 2. The molecule has 0 fully saturated rings. The summed E-state index contributed by atoms with van der Waals surface area (Å²) in [5.74, 6) is -1.68. The van der Waals surface area contributed by atoms with E-state index in [1.807, 2.05) is 0 Å². The predicted molar refractivity (Wildman–Crippen MR) is 93.7 cm³/mol. The molecule has 0 saturated carbocycles. The molecule has 0 spiro atoms. The summed E-state index contributed by atoms with van der Waals surface area (Å²) in [6, 6.07) is 7.63. The Bertz CT molecular complexity index is 1140. The lowest BCUT2D eigenvalue weighted by atomic mass is 10.1. The summed E-state index contributed by atoms with van der Waals surface area (Å²) < 4.78 is 10.9. The lowest BCUT2D eigenvalue weighted by Gasteiger charge is -2.11. The number of carbonyl (C=O) groups excluding carboxylic acids is 2. The molecule has 0 radical (unpaired) electrons. The van der Waals surface area contributed by atoms with Crippen molar-refractivity contribution in [3.63, 3.8) is 0 Å². The first-order chi connectivity index (χ1) is 12.5. The van der Waals surface area contributed by atoms with Crippen LogP contribution in [-0.4, -0.2) is 34.5 Å². The van der Waals surface area contributed by atoms with Gasteiger partial charge in [0.1, 0.15) is 11.1 Å². The molecule has 3 rings (SSSR count). The van der Waals surface area contributed by atoms with Gasteiger partial charge in [-0.15, -0.1) is 0 Å². The van der Waals surface area contributed by atoms with Crippen LogP contribution in [0.25, 0.3) is 16.6 Å². The van der Waals surface area contributed by atoms with E-state index >= 15 is 0 Å². The minimum Gasteiger partial charge on any atom is -0.462 e. The fourth-order valence-electron chi connectivity index (χ4n) is 2.75. The first-order valence-corrected chi connectivity index (χ1v) is 8.04. The Kier molecular flexibility index (Phi) is 4.57. The molecule has 8 nitrogen and oxygen atoms in total. The van der Waals surface area contributed by atoms with E-state index in [1.165, 1.54) is 0 Å². The molecule has 8 heteroatoms. The third kappa shape index (κ3) is 2.75. The zero-order valence-electron chi connectivity index (χ0n) is 14.2. The molecular weight excluding hydrogens is 340 g/mol. The average molecular weight is 356 g/mol. The van der Waals surface area contributed by atoms with Gasteiger partial charge in [-0.3, -0.25) is 14.0 Å². The summed E-state index contributed by atoms with van der Waals surface area (Å²) in [4.78, 5) is 52.6. The molecule has 26 heavy (non-hydrogen) atoms. The summed E-state index contributed by atoms with van der Waals surface area (Å²) in [7, 11) is 0. The molecule has 0 atom stereocenters. The predicted octanol–water partition coefficient (Wildman–Crippen LogP) is 1.49. The van der Waals surface area contributed by atoms with E-state index in [-0.39, 0.29) is 29.9 Å². The topological polar surface area (TPSA) is 107 Å². The largest absolute Gasteiger partial charge is 0.462 e. The van der Waals surface area contributed by atoms with Gasteiger partial charge in [0.15, 0.2) is 0 Å². The highest BCUT2D eigenvalue weighted by Crippen LogP contribution is 2.15. The van der Waals surface area contributed by atoms with E-state index in [0.717, 1.165) is 10.5 Å². The molecule has 2 heterocycles. The molecule has 0 bridgehead atoms. The Labute approximate surface area is 147 Å². The quantitative estimate of drug-likeness (QED) is 0.561. The maximum atomic E-state index is 12.9. The molecule has 0 aliphatic rings. The molecule has 0 aliphatic heterocycles. The number of pyridine rings is 1. The van der Waals surface area contributed by atoms with Crippen LogP contribution in [0.1, 0.15) is 34.6 Å². The number of ether oxygens (including phenoxy) is 2. The first kappa shape index (κ1) is 17.4. The number of rotatable bonds is 4. The maximum Gasteiger partial charge on any atom is 0.343 e. The van der Waals surface area contributed by atoms with Gasteiger partial charge in [-0.1, -0.05) is 12.1 Å².